The Labute approximate surface area is 254 Å². The van der Waals surface area contributed by atoms with Gasteiger partial charge in [0.1, 0.15) is 11.6 Å². The molecule has 0 amide bonds. The first-order valence-corrected chi connectivity index (χ1v) is 18.5. The molecule has 2 unspecified atom stereocenters. The third-order valence-corrected chi connectivity index (χ3v) is 8.57. The van der Waals surface area contributed by atoms with Crippen LogP contribution in [0.2, 0.25) is 0 Å². The maximum Gasteiger partial charge on any atom is 0.138 e. The third-order valence-electron chi connectivity index (χ3n) is 8.57. The van der Waals surface area contributed by atoms with Crippen LogP contribution in [0.3, 0.4) is 0 Å². The zero-order valence-corrected chi connectivity index (χ0v) is 28.8. The SMILES string of the molecule is CCCCCCCC(=O)CCCCC.CCCCCCCCCCC(C)C(=O)C(C)CCCCCCCCCC. The summed E-state index contributed by atoms with van der Waals surface area (Å²) in [6, 6.07) is 0. The van der Waals surface area contributed by atoms with Crippen LogP contribution in [0.4, 0.5) is 0 Å². The fraction of sp³-hybridized carbons (Fsp3) is 0.947. The summed E-state index contributed by atoms with van der Waals surface area (Å²) in [5.41, 5.74) is 0. The zero-order chi connectivity index (χ0) is 30.1. The van der Waals surface area contributed by atoms with Crippen LogP contribution >= 0.6 is 0 Å². The van der Waals surface area contributed by atoms with Gasteiger partial charge in [-0.1, -0.05) is 183 Å². The molecule has 0 heterocycles. The van der Waals surface area contributed by atoms with Crippen LogP contribution in [0.15, 0.2) is 0 Å². The van der Waals surface area contributed by atoms with Crippen molar-refractivity contribution >= 4 is 11.6 Å². The Kier molecular flexibility index (Phi) is 35.8. The number of rotatable bonds is 30. The monoisotopic (exact) mass is 565 g/mol. The number of ketones is 2. The van der Waals surface area contributed by atoms with Gasteiger partial charge in [-0.15, -0.1) is 0 Å². The third kappa shape index (κ3) is 31.9. The molecule has 0 aliphatic rings. The number of hydrogen-bond donors (Lipinski definition) is 0. The number of Topliss-reactive ketones (excluding diaryl/α,β-unsaturated/α-hetero) is 2. The van der Waals surface area contributed by atoms with Crippen LogP contribution in [0.25, 0.3) is 0 Å². The van der Waals surface area contributed by atoms with Gasteiger partial charge >= 0.3 is 0 Å². The molecule has 0 aromatic heterocycles. The van der Waals surface area contributed by atoms with E-state index in [1.807, 2.05) is 0 Å². The fourth-order valence-electron chi connectivity index (χ4n) is 5.56. The summed E-state index contributed by atoms with van der Waals surface area (Å²) >= 11 is 0. The highest BCUT2D eigenvalue weighted by molar-refractivity contribution is 5.82. The van der Waals surface area contributed by atoms with E-state index in [1.54, 1.807) is 0 Å². The molecular formula is C38H76O2. The van der Waals surface area contributed by atoms with E-state index < -0.39 is 0 Å². The Morgan fingerprint density at radius 2 is 0.625 bits per heavy atom. The molecule has 40 heavy (non-hydrogen) atoms. The molecule has 0 N–H and O–H groups in total. The van der Waals surface area contributed by atoms with Crippen LogP contribution in [-0.2, 0) is 9.59 Å². The summed E-state index contributed by atoms with van der Waals surface area (Å²) in [6.07, 6.45) is 35.3. The number of carbonyl (C=O) groups is 2. The molecule has 0 saturated heterocycles. The fourth-order valence-corrected chi connectivity index (χ4v) is 5.56. The van der Waals surface area contributed by atoms with E-state index in [0.29, 0.717) is 11.6 Å². The molecular weight excluding hydrogens is 488 g/mol. The normalized spacial score (nSPS) is 12.6. The Hall–Kier alpha value is -0.660. The van der Waals surface area contributed by atoms with Crippen LogP contribution in [0.1, 0.15) is 221 Å². The average molecular weight is 565 g/mol. The van der Waals surface area contributed by atoms with Crippen molar-refractivity contribution in [3.8, 4) is 0 Å². The van der Waals surface area contributed by atoms with Crippen LogP contribution in [-0.4, -0.2) is 11.6 Å². The van der Waals surface area contributed by atoms with Crippen molar-refractivity contribution in [2.24, 2.45) is 11.8 Å². The molecule has 0 aromatic rings. The maximum atomic E-state index is 12.5. The van der Waals surface area contributed by atoms with Gasteiger partial charge in [-0.25, -0.2) is 0 Å². The minimum Gasteiger partial charge on any atom is -0.300 e. The van der Waals surface area contributed by atoms with Crippen LogP contribution < -0.4 is 0 Å². The van der Waals surface area contributed by atoms with Gasteiger partial charge in [0.15, 0.2) is 0 Å². The zero-order valence-electron chi connectivity index (χ0n) is 28.8. The molecule has 0 rings (SSSR count). The summed E-state index contributed by atoms with van der Waals surface area (Å²) in [6.45, 7) is 13.3. The summed E-state index contributed by atoms with van der Waals surface area (Å²) in [5.74, 6) is 1.56. The van der Waals surface area contributed by atoms with Gasteiger partial charge in [0, 0.05) is 24.7 Å². The molecule has 2 atom stereocenters. The van der Waals surface area contributed by atoms with Crippen molar-refractivity contribution in [1.82, 2.24) is 0 Å². The van der Waals surface area contributed by atoms with Crippen molar-refractivity contribution in [2.75, 3.05) is 0 Å². The van der Waals surface area contributed by atoms with Gasteiger partial charge in [-0.2, -0.15) is 0 Å². The van der Waals surface area contributed by atoms with Crippen molar-refractivity contribution < 1.29 is 9.59 Å². The maximum absolute atomic E-state index is 12.5. The van der Waals surface area contributed by atoms with Crippen LogP contribution in [0.5, 0.6) is 0 Å². The van der Waals surface area contributed by atoms with Gasteiger partial charge in [0.25, 0.3) is 0 Å². The molecule has 2 heteroatoms. The number of carbonyl (C=O) groups excluding carboxylic acids is 2. The highest BCUT2D eigenvalue weighted by atomic mass is 16.1. The number of unbranched alkanes of at least 4 members (excludes halogenated alkanes) is 20. The van der Waals surface area contributed by atoms with E-state index in [-0.39, 0.29) is 11.8 Å². The standard InChI is InChI=1S/C25H50O.C13H26O/c1-5-7-9-11-13-15-17-19-21-23(3)25(26)24(4)22-20-18-16-14-12-10-8-6-2;1-3-5-7-8-10-12-13(14)11-9-6-4-2/h23-24H,5-22H2,1-4H3;3-12H2,1-2H3. The summed E-state index contributed by atoms with van der Waals surface area (Å²) in [4.78, 5) is 23.9. The second-order valence-corrected chi connectivity index (χ2v) is 12.9. The second-order valence-electron chi connectivity index (χ2n) is 12.9. The topological polar surface area (TPSA) is 34.1 Å². The Morgan fingerprint density at radius 3 is 0.975 bits per heavy atom. The predicted octanol–water partition coefficient (Wildman–Crippen LogP) is 13.4. The largest absolute Gasteiger partial charge is 0.300 e. The van der Waals surface area contributed by atoms with Gasteiger partial charge in [0.05, 0.1) is 0 Å². The molecule has 0 aliphatic carbocycles. The molecule has 0 radical (unpaired) electrons. The lowest BCUT2D eigenvalue weighted by Gasteiger charge is -2.16. The average Bonchev–Trinajstić information content (AvgIpc) is 2.95. The first kappa shape index (κ1) is 41.5. The summed E-state index contributed by atoms with van der Waals surface area (Å²) < 4.78 is 0. The van der Waals surface area contributed by atoms with Crippen LogP contribution in [0, 0.1) is 11.8 Å². The number of hydrogen-bond acceptors (Lipinski definition) is 2. The van der Waals surface area contributed by atoms with E-state index in [9.17, 15) is 9.59 Å². The highest BCUT2D eigenvalue weighted by Crippen LogP contribution is 2.20. The van der Waals surface area contributed by atoms with Gasteiger partial charge in [0.2, 0.25) is 0 Å². The van der Waals surface area contributed by atoms with E-state index in [4.69, 9.17) is 0 Å². The van der Waals surface area contributed by atoms with Crippen molar-refractivity contribution in [2.45, 2.75) is 221 Å². The molecule has 0 fully saturated rings. The quantitative estimate of drug-likeness (QED) is 0.0813. The summed E-state index contributed by atoms with van der Waals surface area (Å²) in [7, 11) is 0. The summed E-state index contributed by atoms with van der Waals surface area (Å²) in [5, 5.41) is 0. The first-order valence-electron chi connectivity index (χ1n) is 18.5. The van der Waals surface area contributed by atoms with Crippen molar-refractivity contribution in [3.05, 3.63) is 0 Å². The smallest absolute Gasteiger partial charge is 0.138 e. The molecule has 240 valence electrons. The van der Waals surface area contributed by atoms with E-state index in [1.165, 1.54) is 141 Å². The second kappa shape index (κ2) is 34.5. The Bertz CT molecular complexity index is 484. The Morgan fingerprint density at radius 1 is 0.375 bits per heavy atom. The lowest BCUT2D eigenvalue weighted by Crippen LogP contribution is -2.19. The van der Waals surface area contributed by atoms with Gasteiger partial charge in [-0.3, -0.25) is 9.59 Å². The minimum absolute atomic E-state index is 0.277. The van der Waals surface area contributed by atoms with E-state index >= 15 is 0 Å². The molecule has 2 nitrogen and oxygen atoms in total. The molecule has 0 saturated carbocycles. The lowest BCUT2D eigenvalue weighted by molar-refractivity contribution is -0.126. The lowest BCUT2D eigenvalue weighted by atomic mass is 9.88. The minimum atomic E-state index is 0.277. The van der Waals surface area contributed by atoms with E-state index in [2.05, 4.69) is 41.5 Å². The predicted molar refractivity (Wildman–Crippen MR) is 180 cm³/mol. The highest BCUT2D eigenvalue weighted by Gasteiger charge is 2.19. The molecule has 0 bridgehead atoms. The van der Waals surface area contributed by atoms with Gasteiger partial charge < -0.3 is 0 Å². The first-order chi connectivity index (χ1) is 19.4. The Balaban J connectivity index is 0. The van der Waals surface area contributed by atoms with E-state index in [0.717, 1.165) is 38.5 Å². The van der Waals surface area contributed by atoms with Crippen molar-refractivity contribution in [1.29, 1.82) is 0 Å². The molecule has 0 aliphatic heterocycles. The molecule has 0 aromatic carbocycles. The van der Waals surface area contributed by atoms with Gasteiger partial charge in [-0.05, 0) is 25.7 Å². The van der Waals surface area contributed by atoms with Crippen molar-refractivity contribution in [3.63, 3.8) is 0 Å². The molecule has 0 spiro atoms.